The zero-order chi connectivity index (χ0) is 15.7. The van der Waals surface area contributed by atoms with Crippen LogP contribution < -0.4 is 10.1 Å². The quantitative estimate of drug-likeness (QED) is 0.735. The van der Waals surface area contributed by atoms with Crippen LogP contribution in [-0.4, -0.2) is 29.6 Å². The van der Waals surface area contributed by atoms with E-state index in [-0.39, 0.29) is 18.9 Å². The minimum absolute atomic E-state index is 0.0996. The summed E-state index contributed by atoms with van der Waals surface area (Å²) >= 11 is 5.81. The fourth-order valence-corrected chi connectivity index (χ4v) is 1.93. The van der Waals surface area contributed by atoms with Crippen LogP contribution in [0.4, 0.5) is 0 Å². The highest BCUT2D eigenvalue weighted by atomic mass is 35.5. The summed E-state index contributed by atoms with van der Waals surface area (Å²) in [6, 6.07) is 6.05. The van der Waals surface area contributed by atoms with Crippen LogP contribution in [0.3, 0.4) is 0 Å². The second kappa shape index (κ2) is 9.23. The van der Waals surface area contributed by atoms with Crippen LogP contribution in [0.2, 0.25) is 5.02 Å². The number of benzene rings is 1. The SMILES string of the molecule is CCCC[C@H](NC(=O)CCOc1cccc(Cl)c1)C(=O)O. The maximum absolute atomic E-state index is 11.7. The van der Waals surface area contributed by atoms with E-state index < -0.39 is 12.0 Å². The molecule has 0 aromatic heterocycles. The first-order valence-corrected chi connectivity index (χ1v) is 7.31. The number of halogens is 1. The van der Waals surface area contributed by atoms with E-state index in [0.29, 0.717) is 17.2 Å². The molecular formula is C15H20ClNO4. The Morgan fingerprint density at radius 2 is 2.19 bits per heavy atom. The third-order valence-corrected chi connectivity index (χ3v) is 3.11. The van der Waals surface area contributed by atoms with Gasteiger partial charge in [0.1, 0.15) is 11.8 Å². The first-order valence-electron chi connectivity index (χ1n) is 6.93. The summed E-state index contributed by atoms with van der Waals surface area (Å²) in [5, 5.41) is 12.1. The maximum Gasteiger partial charge on any atom is 0.326 e. The normalized spacial score (nSPS) is 11.7. The number of unbranched alkanes of at least 4 members (excludes halogenated alkanes) is 1. The highest BCUT2D eigenvalue weighted by molar-refractivity contribution is 6.30. The van der Waals surface area contributed by atoms with Crippen molar-refractivity contribution in [1.29, 1.82) is 0 Å². The molecule has 0 bridgehead atoms. The van der Waals surface area contributed by atoms with Crippen molar-refractivity contribution in [3.8, 4) is 5.75 Å². The summed E-state index contributed by atoms with van der Waals surface area (Å²) in [5.74, 6) is -0.760. The Labute approximate surface area is 129 Å². The monoisotopic (exact) mass is 313 g/mol. The second-order valence-electron chi connectivity index (χ2n) is 4.66. The third-order valence-electron chi connectivity index (χ3n) is 2.87. The first kappa shape index (κ1) is 17.3. The van der Waals surface area contributed by atoms with Crippen molar-refractivity contribution in [2.75, 3.05) is 6.61 Å². The maximum atomic E-state index is 11.7. The van der Waals surface area contributed by atoms with Crippen molar-refractivity contribution < 1.29 is 19.4 Å². The average molecular weight is 314 g/mol. The Bertz CT molecular complexity index is 478. The molecule has 0 aliphatic carbocycles. The predicted octanol–water partition coefficient (Wildman–Crippen LogP) is 2.87. The van der Waals surface area contributed by atoms with Gasteiger partial charge in [-0.1, -0.05) is 37.4 Å². The molecule has 0 saturated carbocycles. The summed E-state index contributed by atoms with van der Waals surface area (Å²) in [6.45, 7) is 2.14. The molecule has 0 radical (unpaired) electrons. The van der Waals surface area contributed by atoms with Gasteiger partial charge in [0.05, 0.1) is 13.0 Å². The summed E-state index contributed by atoms with van der Waals surface area (Å²) in [4.78, 5) is 22.7. The molecule has 0 aliphatic rings. The van der Waals surface area contributed by atoms with E-state index >= 15 is 0 Å². The number of carboxylic acids is 1. The topological polar surface area (TPSA) is 75.6 Å². The molecule has 2 N–H and O–H groups in total. The fraction of sp³-hybridized carbons (Fsp3) is 0.467. The highest BCUT2D eigenvalue weighted by Crippen LogP contribution is 2.17. The lowest BCUT2D eigenvalue weighted by Gasteiger charge is -2.14. The van der Waals surface area contributed by atoms with Crippen LogP contribution in [0.15, 0.2) is 24.3 Å². The van der Waals surface area contributed by atoms with Crippen LogP contribution in [-0.2, 0) is 9.59 Å². The van der Waals surface area contributed by atoms with Crippen LogP contribution >= 0.6 is 11.6 Å². The van der Waals surface area contributed by atoms with Crippen LogP contribution in [0.25, 0.3) is 0 Å². The van der Waals surface area contributed by atoms with Gasteiger partial charge in [-0.3, -0.25) is 4.79 Å². The summed E-state index contributed by atoms with van der Waals surface area (Å²) in [5.41, 5.74) is 0. The largest absolute Gasteiger partial charge is 0.493 e. The zero-order valence-corrected chi connectivity index (χ0v) is 12.7. The van der Waals surface area contributed by atoms with Crippen molar-refractivity contribution in [1.82, 2.24) is 5.32 Å². The standard InChI is InChI=1S/C15H20ClNO4/c1-2-3-7-13(15(19)20)17-14(18)8-9-21-12-6-4-5-11(16)10-12/h4-6,10,13H,2-3,7-9H2,1H3,(H,17,18)(H,19,20)/t13-/m0/s1. The lowest BCUT2D eigenvalue weighted by molar-refractivity contribution is -0.142. The highest BCUT2D eigenvalue weighted by Gasteiger charge is 2.18. The molecule has 1 rings (SSSR count). The van der Waals surface area contributed by atoms with E-state index in [2.05, 4.69) is 5.32 Å². The molecule has 1 atom stereocenters. The molecule has 116 valence electrons. The lowest BCUT2D eigenvalue weighted by Crippen LogP contribution is -2.41. The lowest BCUT2D eigenvalue weighted by atomic mass is 10.1. The Morgan fingerprint density at radius 3 is 2.81 bits per heavy atom. The molecule has 0 spiro atoms. The summed E-state index contributed by atoms with van der Waals surface area (Å²) in [7, 11) is 0. The van der Waals surface area contributed by atoms with Crippen molar-refractivity contribution in [3.63, 3.8) is 0 Å². The Balaban J connectivity index is 2.34. The van der Waals surface area contributed by atoms with Gasteiger partial charge >= 0.3 is 5.97 Å². The number of aliphatic carboxylic acids is 1. The Hall–Kier alpha value is -1.75. The molecule has 5 nitrogen and oxygen atoms in total. The number of amides is 1. The van der Waals surface area contributed by atoms with Gasteiger partial charge in [-0.25, -0.2) is 4.79 Å². The second-order valence-corrected chi connectivity index (χ2v) is 5.09. The zero-order valence-electron chi connectivity index (χ0n) is 12.0. The molecule has 1 amide bonds. The third kappa shape index (κ3) is 6.99. The predicted molar refractivity (Wildman–Crippen MR) is 80.7 cm³/mol. The average Bonchev–Trinajstić information content (AvgIpc) is 2.43. The Morgan fingerprint density at radius 1 is 1.43 bits per heavy atom. The molecule has 0 unspecified atom stereocenters. The van der Waals surface area contributed by atoms with E-state index in [1.807, 2.05) is 6.92 Å². The number of rotatable bonds is 9. The van der Waals surface area contributed by atoms with E-state index in [1.54, 1.807) is 24.3 Å². The smallest absolute Gasteiger partial charge is 0.326 e. The van der Waals surface area contributed by atoms with Gasteiger partial charge in [0.2, 0.25) is 5.91 Å². The molecule has 6 heteroatoms. The number of carbonyl (C=O) groups excluding carboxylic acids is 1. The van der Waals surface area contributed by atoms with Crippen molar-refractivity contribution in [2.45, 2.75) is 38.6 Å². The molecular weight excluding hydrogens is 294 g/mol. The number of ether oxygens (including phenoxy) is 1. The molecule has 21 heavy (non-hydrogen) atoms. The number of carboxylic acid groups (broad SMARTS) is 1. The van der Waals surface area contributed by atoms with Gasteiger partial charge in [0.25, 0.3) is 0 Å². The number of carbonyl (C=O) groups is 2. The van der Waals surface area contributed by atoms with E-state index in [1.165, 1.54) is 0 Å². The van der Waals surface area contributed by atoms with Gasteiger partial charge in [0, 0.05) is 5.02 Å². The Kier molecular flexibility index (Phi) is 7.61. The number of hydrogen-bond acceptors (Lipinski definition) is 3. The van der Waals surface area contributed by atoms with Crippen molar-refractivity contribution in [3.05, 3.63) is 29.3 Å². The summed E-state index contributed by atoms with van der Waals surface area (Å²) < 4.78 is 5.39. The molecule has 0 saturated heterocycles. The van der Waals surface area contributed by atoms with E-state index in [0.717, 1.165) is 12.8 Å². The van der Waals surface area contributed by atoms with Crippen LogP contribution in [0.1, 0.15) is 32.6 Å². The minimum atomic E-state index is -1.01. The first-order chi connectivity index (χ1) is 10.0. The molecule has 0 fully saturated rings. The fourth-order valence-electron chi connectivity index (χ4n) is 1.75. The van der Waals surface area contributed by atoms with Gasteiger partial charge < -0.3 is 15.2 Å². The molecule has 1 aromatic carbocycles. The van der Waals surface area contributed by atoms with Crippen LogP contribution in [0.5, 0.6) is 5.75 Å². The van der Waals surface area contributed by atoms with Crippen molar-refractivity contribution in [2.24, 2.45) is 0 Å². The van der Waals surface area contributed by atoms with E-state index in [4.69, 9.17) is 21.4 Å². The minimum Gasteiger partial charge on any atom is -0.493 e. The molecule has 1 aromatic rings. The van der Waals surface area contributed by atoms with Gasteiger partial charge in [-0.15, -0.1) is 0 Å². The van der Waals surface area contributed by atoms with Gasteiger partial charge in [-0.2, -0.15) is 0 Å². The van der Waals surface area contributed by atoms with Gasteiger partial charge in [-0.05, 0) is 24.6 Å². The van der Waals surface area contributed by atoms with Crippen molar-refractivity contribution >= 4 is 23.5 Å². The molecule has 0 heterocycles. The number of nitrogens with one attached hydrogen (secondary N) is 1. The van der Waals surface area contributed by atoms with Crippen LogP contribution in [0, 0.1) is 0 Å². The number of hydrogen-bond donors (Lipinski definition) is 2. The molecule has 0 aliphatic heterocycles. The van der Waals surface area contributed by atoms with Gasteiger partial charge in [0.15, 0.2) is 0 Å². The van der Waals surface area contributed by atoms with E-state index in [9.17, 15) is 9.59 Å². The summed E-state index contributed by atoms with van der Waals surface area (Å²) in [6.07, 6.45) is 2.18.